The highest BCUT2D eigenvalue weighted by molar-refractivity contribution is 9.10. The predicted octanol–water partition coefficient (Wildman–Crippen LogP) is 4.28. The van der Waals surface area contributed by atoms with Crippen molar-refractivity contribution in [1.29, 1.82) is 0 Å². The normalized spacial score (nSPS) is 10.3. The van der Waals surface area contributed by atoms with Gasteiger partial charge in [0.25, 0.3) is 0 Å². The van der Waals surface area contributed by atoms with Gasteiger partial charge in [-0.15, -0.1) is 0 Å². The maximum atomic E-state index is 13.3. The Bertz CT molecular complexity index is 592. The molecule has 0 spiro atoms. The summed E-state index contributed by atoms with van der Waals surface area (Å²) in [6.45, 7) is 0.616. The van der Waals surface area contributed by atoms with Crippen molar-refractivity contribution in [2.45, 2.75) is 0 Å². The highest BCUT2D eigenvalue weighted by Crippen LogP contribution is 2.30. The van der Waals surface area contributed by atoms with E-state index in [1.165, 1.54) is 12.1 Å². The molecule has 0 amide bonds. The zero-order valence-corrected chi connectivity index (χ0v) is 12.7. The Morgan fingerprint density at radius 2 is 1.75 bits per heavy atom. The number of hydrogen-bond donors (Lipinski definition) is 1. The van der Waals surface area contributed by atoms with Gasteiger partial charge in [-0.1, -0.05) is 11.6 Å². The Kier molecular flexibility index (Phi) is 5.09. The summed E-state index contributed by atoms with van der Waals surface area (Å²) in [6, 6.07) is 9.73. The SMILES string of the molecule is Nc1ccc(OCCOc2cc(F)c(Cl)cc2Br)cc1. The van der Waals surface area contributed by atoms with Gasteiger partial charge in [0.1, 0.15) is 30.5 Å². The first-order valence-electron chi connectivity index (χ1n) is 5.82. The van der Waals surface area contributed by atoms with E-state index in [0.29, 0.717) is 28.3 Å². The molecule has 2 N–H and O–H groups in total. The van der Waals surface area contributed by atoms with Gasteiger partial charge in [-0.3, -0.25) is 0 Å². The smallest absolute Gasteiger partial charge is 0.145 e. The molecule has 20 heavy (non-hydrogen) atoms. The van der Waals surface area contributed by atoms with Gasteiger partial charge in [-0.2, -0.15) is 0 Å². The predicted molar refractivity (Wildman–Crippen MR) is 81.0 cm³/mol. The van der Waals surface area contributed by atoms with Crippen LogP contribution < -0.4 is 15.2 Å². The molecule has 0 saturated heterocycles. The largest absolute Gasteiger partial charge is 0.490 e. The Morgan fingerprint density at radius 3 is 2.45 bits per heavy atom. The van der Waals surface area contributed by atoms with E-state index >= 15 is 0 Å². The van der Waals surface area contributed by atoms with Gasteiger partial charge in [-0.05, 0) is 46.3 Å². The number of benzene rings is 2. The molecule has 3 nitrogen and oxygen atoms in total. The number of ether oxygens (including phenoxy) is 2. The second-order valence-corrected chi connectivity index (χ2v) is 5.22. The highest BCUT2D eigenvalue weighted by atomic mass is 79.9. The number of halogens is 3. The first-order chi connectivity index (χ1) is 9.56. The van der Waals surface area contributed by atoms with Crippen LogP contribution in [-0.4, -0.2) is 13.2 Å². The summed E-state index contributed by atoms with van der Waals surface area (Å²) in [5.74, 6) is 0.557. The summed E-state index contributed by atoms with van der Waals surface area (Å²) in [4.78, 5) is 0. The third-order valence-corrected chi connectivity index (χ3v) is 3.37. The molecule has 0 atom stereocenters. The van der Waals surface area contributed by atoms with Gasteiger partial charge in [0.2, 0.25) is 0 Å². The maximum Gasteiger partial charge on any atom is 0.145 e. The van der Waals surface area contributed by atoms with Crippen LogP contribution in [0, 0.1) is 5.82 Å². The molecule has 0 unspecified atom stereocenters. The second kappa shape index (κ2) is 6.81. The Labute approximate surface area is 129 Å². The number of anilines is 1. The fraction of sp³-hybridized carbons (Fsp3) is 0.143. The molecule has 0 aliphatic carbocycles. The number of nitrogen functional groups attached to an aromatic ring is 1. The molecule has 0 heterocycles. The average molecular weight is 361 g/mol. The van der Waals surface area contributed by atoms with Crippen molar-refractivity contribution in [2.24, 2.45) is 0 Å². The van der Waals surface area contributed by atoms with E-state index < -0.39 is 5.82 Å². The highest BCUT2D eigenvalue weighted by Gasteiger charge is 2.07. The van der Waals surface area contributed by atoms with Crippen LogP contribution in [0.15, 0.2) is 40.9 Å². The van der Waals surface area contributed by atoms with E-state index in [4.69, 9.17) is 26.8 Å². The van der Waals surface area contributed by atoms with Gasteiger partial charge >= 0.3 is 0 Å². The molecule has 0 aliphatic rings. The second-order valence-electron chi connectivity index (χ2n) is 3.96. The quantitative estimate of drug-likeness (QED) is 0.492. The van der Waals surface area contributed by atoms with E-state index in [1.807, 2.05) is 0 Å². The molecule has 0 aromatic heterocycles. The summed E-state index contributed by atoms with van der Waals surface area (Å²) < 4.78 is 24.8. The summed E-state index contributed by atoms with van der Waals surface area (Å²) in [6.07, 6.45) is 0. The van der Waals surface area contributed by atoms with Crippen molar-refractivity contribution in [1.82, 2.24) is 0 Å². The van der Waals surface area contributed by atoms with Crippen LogP contribution >= 0.6 is 27.5 Å². The van der Waals surface area contributed by atoms with E-state index in [-0.39, 0.29) is 11.6 Å². The minimum Gasteiger partial charge on any atom is -0.490 e. The monoisotopic (exact) mass is 359 g/mol. The van der Waals surface area contributed by atoms with Crippen LogP contribution in [0.3, 0.4) is 0 Å². The van der Waals surface area contributed by atoms with Crippen LogP contribution in [0.25, 0.3) is 0 Å². The summed E-state index contributed by atoms with van der Waals surface area (Å²) in [7, 11) is 0. The average Bonchev–Trinajstić information content (AvgIpc) is 2.42. The zero-order valence-electron chi connectivity index (χ0n) is 10.4. The van der Waals surface area contributed by atoms with Crippen LogP contribution in [-0.2, 0) is 0 Å². The first-order valence-corrected chi connectivity index (χ1v) is 6.99. The van der Waals surface area contributed by atoms with Crippen LogP contribution in [0.4, 0.5) is 10.1 Å². The Morgan fingerprint density at radius 1 is 1.10 bits per heavy atom. The van der Waals surface area contributed by atoms with E-state index in [0.717, 1.165) is 0 Å². The number of nitrogens with two attached hydrogens (primary N) is 1. The molecule has 0 saturated carbocycles. The lowest BCUT2D eigenvalue weighted by molar-refractivity contribution is 0.216. The first kappa shape index (κ1) is 14.9. The van der Waals surface area contributed by atoms with Crippen LogP contribution in [0.2, 0.25) is 5.02 Å². The van der Waals surface area contributed by atoms with Crippen molar-refractivity contribution in [3.05, 3.63) is 51.7 Å². The lowest BCUT2D eigenvalue weighted by atomic mass is 10.3. The van der Waals surface area contributed by atoms with Gasteiger partial charge in [-0.25, -0.2) is 4.39 Å². The molecular formula is C14H12BrClFNO2. The molecule has 2 rings (SSSR count). The van der Waals surface area contributed by atoms with Crippen molar-refractivity contribution in [2.75, 3.05) is 18.9 Å². The van der Waals surface area contributed by atoms with Gasteiger partial charge < -0.3 is 15.2 Å². The van der Waals surface area contributed by atoms with Crippen molar-refractivity contribution in [3.8, 4) is 11.5 Å². The third-order valence-electron chi connectivity index (χ3n) is 2.46. The molecule has 6 heteroatoms. The number of hydrogen-bond acceptors (Lipinski definition) is 3. The fourth-order valence-corrected chi connectivity index (χ4v) is 2.24. The molecule has 0 bridgehead atoms. The molecule has 106 valence electrons. The van der Waals surface area contributed by atoms with Gasteiger partial charge in [0.15, 0.2) is 0 Å². The standard InChI is InChI=1S/C14H12BrClFNO2/c15-11-7-12(16)13(17)8-14(11)20-6-5-19-10-3-1-9(18)2-4-10/h1-4,7-8H,5-6,18H2. The fourth-order valence-electron chi connectivity index (χ4n) is 1.49. The molecule has 2 aromatic carbocycles. The van der Waals surface area contributed by atoms with Gasteiger partial charge in [0.05, 0.1) is 9.50 Å². The van der Waals surface area contributed by atoms with Crippen LogP contribution in [0.1, 0.15) is 0 Å². The number of rotatable bonds is 5. The molecule has 0 radical (unpaired) electrons. The van der Waals surface area contributed by atoms with Crippen molar-refractivity contribution in [3.63, 3.8) is 0 Å². The summed E-state index contributed by atoms with van der Waals surface area (Å²) in [5.41, 5.74) is 6.24. The topological polar surface area (TPSA) is 44.5 Å². The summed E-state index contributed by atoms with van der Waals surface area (Å²) >= 11 is 8.90. The van der Waals surface area contributed by atoms with Crippen molar-refractivity contribution < 1.29 is 13.9 Å². The maximum absolute atomic E-state index is 13.3. The zero-order chi connectivity index (χ0) is 14.5. The Hall–Kier alpha value is -1.46. The minimum atomic E-state index is -0.524. The Balaban J connectivity index is 1.84. The molecule has 2 aromatic rings. The third kappa shape index (κ3) is 4.02. The molecule has 0 fully saturated rings. The molecule has 0 aliphatic heterocycles. The lowest BCUT2D eigenvalue weighted by Gasteiger charge is -2.10. The lowest BCUT2D eigenvalue weighted by Crippen LogP contribution is -2.09. The van der Waals surface area contributed by atoms with Gasteiger partial charge in [0, 0.05) is 11.8 Å². The minimum absolute atomic E-state index is 0.0438. The van der Waals surface area contributed by atoms with E-state index in [9.17, 15) is 4.39 Å². The summed E-state index contributed by atoms with van der Waals surface area (Å²) in [5, 5.41) is 0.0438. The van der Waals surface area contributed by atoms with Crippen LogP contribution in [0.5, 0.6) is 11.5 Å². The van der Waals surface area contributed by atoms with E-state index in [2.05, 4.69) is 15.9 Å². The molecular weight excluding hydrogens is 349 g/mol. The van der Waals surface area contributed by atoms with E-state index in [1.54, 1.807) is 24.3 Å². The van der Waals surface area contributed by atoms with Crippen molar-refractivity contribution >= 4 is 33.2 Å².